The number of phenols is 1. The van der Waals surface area contributed by atoms with Gasteiger partial charge in [0.2, 0.25) is 0 Å². The molecule has 0 spiro atoms. The number of aliphatic hydroxyl groups excluding tert-OH is 1. The van der Waals surface area contributed by atoms with Crippen LogP contribution in [-0.4, -0.2) is 27.9 Å². The summed E-state index contributed by atoms with van der Waals surface area (Å²) < 4.78 is 5.66. The Morgan fingerprint density at radius 3 is 2.52 bits per heavy atom. The highest BCUT2D eigenvalue weighted by molar-refractivity contribution is 5.65. The second-order valence-corrected chi connectivity index (χ2v) is 5.94. The van der Waals surface area contributed by atoms with E-state index in [-0.39, 0.29) is 12.4 Å². The van der Waals surface area contributed by atoms with E-state index in [0.29, 0.717) is 12.2 Å². The number of aromatic nitrogens is 1. The molecule has 4 nitrogen and oxygen atoms in total. The number of aryl methyl sites for hydroxylation is 1. The van der Waals surface area contributed by atoms with E-state index < -0.39 is 6.10 Å². The van der Waals surface area contributed by atoms with Gasteiger partial charge in [0.15, 0.2) is 0 Å². The third-order valence-corrected chi connectivity index (χ3v) is 3.97. The molecule has 3 aromatic rings. The quantitative estimate of drug-likeness (QED) is 0.689. The average molecular weight is 335 g/mol. The molecule has 1 aromatic heterocycles. The largest absolute Gasteiger partial charge is 0.508 e. The third kappa shape index (κ3) is 5.06. The van der Waals surface area contributed by atoms with Crippen molar-refractivity contribution >= 4 is 0 Å². The van der Waals surface area contributed by atoms with Gasteiger partial charge in [-0.05, 0) is 59.9 Å². The van der Waals surface area contributed by atoms with Gasteiger partial charge in [-0.15, -0.1) is 0 Å². The van der Waals surface area contributed by atoms with Gasteiger partial charge in [0.1, 0.15) is 18.1 Å². The molecule has 0 amide bonds. The second kappa shape index (κ2) is 8.31. The van der Waals surface area contributed by atoms with Gasteiger partial charge in [-0.25, -0.2) is 0 Å². The molecule has 1 atom stereocenters. The van der Waals surface area contributed by atoms with Crippen LogP contribution in [0.15, 0.2) is 73.1 Å². The normalized spacial score (nSPS) is 11.9. The highest BCUT2D eigenvalue weighted by atomic mass is 16.5. The third-order valence-electron chi connectivity index (χ3n) is 3.97. The minimum atomic E-state index is -0.522. The topological polar surface area (TPSA) is 62.6 Å². The Morgan fingerprint density at radius 2 is 1.80 bits per heavy atom. The standard InChI is InChI=1S/C21H21NO3/c23-19-5-1-4-18(13-19)17-7-10-21(11-8-17)25-15-20(24)9-6-16-3-2-12-22-14-16/h1-5,7-8,10-14,20,23-24H,6,9,15H2/t20-/m1/s1. The number of benzene rings is 2. The molecule has 0 radical (unpaired) electrons. The molecule has 3 rings (SSSR count). The molecule has 0 aliphatic heterocycles. The molecule has 128 valence electrons. The predicted molar refractivity (Wildman–Crippen MR) is 97.6 cm³/mol. The molecule has 0 aliphatic rings. The highest BCUT2D eigenvalue weighted by Crippen LogP contribution is 2.25. The number of aromatic hydroxyl groups is 1. The number of pyridine rings is 1. The first-order valence-electron chi connectivity index (χ1n) is 8.30. The summed E-state index contributed by atoms with van der Waals surface area (Å²) in [6.07, 6.45) is 4.44. The first-order chi connectivity index (χ1) is 12.2. The van der Waals surface area contributed by atoms with Gasteiger partial charge in [-0.2, -0.15) is 0 Å². The van der Waals surface area contributed by atoms with Gasteiger partial charge in [0, 0.05) is 12.4 Å². The lowest BCUT2D eigenvalue weighted by atomic mass is 10.1. The van der Waals surface area contributed by atoms with Gasteiger partial charge < -0.3 is 14.9 Å². The smallest absolute Gasteiger partial charge is 0.119 e. The van der Waals surface area contributed by atoms with Gasteiger partial charge >= 0.3 is 0 Å². The Balaban J connectivity index is 1.50. The Kier molecular flexibility index (Phi) is 5.65. The maximum atomic E-state index is 10.1. The monoisotopic (exact) mass is 335 g/mol. The van der Waals surface area contributed by atoms with E-state index in [4.69, 9.17) is 4.74 Å². The van der Waals surface area contributed by atoms with Crippen LogP contribution in [-0.2, 0) is 6.42 Å². The second-order valence-electron chi connectivity index (χ2n) is 5.94. The number of phenolic OH excluding ortho intramolecular Hbond substituents is 1. The molecule has 0 bridgehead atoms. The molecule has 0 saturated carbocycles. The summed E-state index contributed by atoms with van der Waals surface area (Å²) >= 11 is 0. The molecule has 4 heteroatoms. The first kappa shape index (κ1) is 17.0. The van der Waals surface area contributed by atoms with E-state index >= 15 is 0 Å². The maximum Gasteiger partial charge on any atom is 0.119 e. The van der Waals surface area contributed by atoms with Gasteiger partial charge in [0.05, 0.1) is 6.10 Å². The molecule has 25 heavy (non-hydrogen) atoms. The SMILES string of the molecule is Oc1cccc(-c2ccc(OC[C@H](O)CCc3cccnc3)cc2)c1. The minimum absolute atomic E-state index is 0.245. The van der Waals surface area contributed by atoms with Crippen LogP contribution in [0.25, 0.3) is 11.1 Å². The fourth-order valence-electron chi connectivity index (χ4n) is 2.58. The summed E-state index contributed by atoms with van der Waals surface area (Å²) in [5.41, 5.74) is 3.06. The zero-order chi connectivity index (χ0) is 17.5. The molecule has 0 fully saturated rings. The molecular formula is C21H21NO3. The summed E-state index contributed by atoms with van der Waals surface area (Å²) in [4.78, 5) is 4.07. The number of hydrogen-bond donors (Lipinski definition) is 2. The molecule has 2 N–H and O–H groups in total. The molecule has 0 aliphatic carbocycles. The Morgan fingerprint density at radius 1 is 0.960 bits per heavy atom. The van der Waals surface area contributed by atoms with Crippen molar-refractivity contribution in [3.63, 3.8) is 0 Å². The van der Waals surface area contributed by atoms with E-state index in [2.05, 4.69) is 4.98 Å². The molecular weight excluding hydrogens is 314 g/mol. The zero-order valence-corrected chi connectivity index (χ0v) is 13.9. The van der Waals surface area contributed by atoms with Crippen LogP contribution in [0.2, 0.25) is 0 Å². The summed E-state index contributed by atoms with van der Waals surface area (Å²) in [5.74, 6) is 0.957. The van der Waals surface area contributed by atoms with E-state index in [1.165, 1.54) is 0 Å². The van der Waals surface area contributed by atoms with Crippen molar-refractivity contribution in [3.05, 3.63) is 78.6 Å². The number of ether oxygens (including phenoxy) is 1. The van der Waals surface area contributed by atoms with Crippen LogP contribution < -0.4 is 4.74 Å². The number of hydrogen-bond acceptors (Lipinski definition) is 4. The lowest BCUT2D eigenvalue weighted by molar-refractivity contribution is 0.100. The van der Waals surface area contributed by atoms with Crippen LogP contribution in [0.3, 0.4) is 0 Å². The Labute approximate surface area is 147 Å². The van der Waals surface area contributed by atoms with Crippen LogP contribution in [0.4, 0.5) is 0 Å². The van der Waals surface area contributed by atoms with E-state index in [0.717, 1.165) is 23.1 Å². The fourth-order valence-corrected chi connectivity index (χ4v) is 2.58. The lowest BCUT2D eigenvalue weighted by Crippen LogP contribution is -2.18. The van der Waals surface area contributed by atoms with Crippen molar-refractivity contribution in [2.45, 2.75) is 18.9 Å². The van der Waals surface area contributed by atoms with Crippen LogP contribution in [0.1, 0.15) is 12.0 Å². The number of nitrogens with zero attached hydrogens (tertiary/aromatic N) is 1. The maximum absolute atomic E-state index is 10.1. The Bertz CT molecular complexity index is 788. The molecule has 1 heterocycles. The van der Waals surface area contributed by atoms with Crippen molar-refractivity contribution in [2.24, 2.45) is 0 Å². The van der Waals surface area contributed by atoms with Crippen LogP contribution >= 0.6 is 0 Å². The van der Waals surface area contributed by atoms with Gasteiger partial charge in [-0.1, -0.05) is 30.3 Å². The molecule has 2 aromatic carbocycles. The molecule has 0 unspecified atom stereocenters. The van der Waals surface area contributed by atoms with Crippen molar-refractivity contribution in [3.8, 4) is 22.6 Å². The van der Waals surface area contributed by atoms with E-state index in [1.54, 1.807) is 18.3 Å². The van der Waals surface area contributed by atoms with Crippen molar-refractivity contribution < 1.29 is 14.9 Å². The number of aliphatic hydroxyl groups is 1. The van der Waals surface area contributed by atoms with Crippen molar-refractivity contribution in [2.75, 3.05) is 6.61 Å². The van der Waals surface area contributed by atoms with Crippen LogP contribution in [0.5, 0.6) is 11.5 Å². The highest BCUT2D eigenvalue weighted by Gasteiger charge is 2.07. The summed E-state index contributed by atoms with van der Waals surface area (Å²) in [6, 6.07) is 18.6. The average Bonchev–Trinajstić information content (AvgIpc) is 2.66. The van der Waals surface area contributed by atoms with Crippen LogP contribution in [0, 0.1) is 0 Å². The van der Waals surface area contributed by atoms with E-state index in [9.17, 15) is 10.2 Å². The fraction of sp³-hybridized carbons (Fsp3) is 0.190. The first-order valence-corrected chi connectivity index (χ1v) is 8.30. The predicted octanol–water partition coefficient (Wildman–Crippen LogP) is 3.83. The Hall–Kier alpha value is -2.85. The molecule has 0 saturated heterocycles. The minimum Gasteiger partial charge on any atom is -0.508 e. The van der Waals surface area contributed by atoms with Crippen molar-refractivity contribution in [1.29, 1.82) is 0 Å². The zero-order valence-electron chi connectivity index (χ0n) is 13.9. The van der Waals surface area contributed by atoms with Gasteiger partial charge in [0.25, 0.3) is 0 Å². The van der Waals surface area contributed by atoms with Crippen molar-refractivity contribution in [1.82, 2.24) is 4.98 Å². The lowest BCUT2D eigenvalue weighted by Gasteiger charge is -2.13. The number of rotatable bonds is 7. The van der Waals surface area contributed by atoms with Gasteiger partial charge in [-0.3, -0.25) is 4.98 Å². The summed E-state index contributed by atoms with van der Waals surface area (Å²) in [7, 11) is 0. The van der Waals surface area contributed by atoms with E-state index in [1.807, 2.05) is 54.7 Å². The summed E-state index contributed by atoms with van der Waals surface area (Å²) in [6.45, 7) is 0.256. The summed E-state index contributed by atoms with van der Waals surface area (Å²) in [5, 5.41) is 19.6.